The summed E-state index contributed by atoms with van der Waals surface area (Å²) < 4.78 is 5.33. The Morgan fingerprint density at radius 1 is 1.18 bits per heavy atom. The van der Waals surface area contributed by atoms with Crippen molar-refractivity contribution >= 4 is 0 Å². The fourth-order valence-corrected chi connectivity index (χ4v) is 2.39. The normalized spacial score (nSPS) is 24.1. The van der Waals surface area contributed by atoms with E-state index in [1.807, 2.05) is 30.3 Å². The second-order valence-corrected chi connectivity index (χ2v) is 4.52. The second kappa shape index (κ2) is 4.30. The maximum atomic E-state index is 6.03. The third-order valence-electron chi connectivity index (χ3n) is 3.36. The van der Waals surface area contributed by atoms with E-state index in [9.17, 15) is 0 Å². The summed E-state index contributed by atoms with van der Waals surface area (Å²) in [5.41, 5.74) is 7.01. The van der Waals surface area contributed by atoms with Crippen molar-refractivity contribution in [2.75, 3.05) is 0 Å². The predicted octanol–water partition coefficient (Wildman–Crippen LogP) is 2.33. The van der Waals surface area contributed by atoms with Crippen molar-refractivity contribution in [1.82, 2.24) is 10.1 Å². The molecular formula is C13H15N3O. The van der Waals surface area contributed by atoms with Crippen molar-refractivity contribution in [2.45, 2.75) is 31.2 Å². The molecule has 0 unspecified atom stereocenters. The maximum Gasteiger partial charge on any atom is 0.231 e. The molecule has 0 aliphatic heterocycles. The van der Waals surface area contributed by atoms with Gasteiger partial charge in [-0.3, -0.25) is 0 Å². The van der Waals surface area contributed by atoms with Gasteiger partial charge in [0.05, 0.1) is 5.92 Å². The van der Waals surface area contributed by atoms with E-state index in [1.54, 1.807) is 0 Å². The third-order valence-corrected chi connectivity index (χ3v) is 3.36. The molecule has 0 radical (unpaired) electrons. The van der Waals surface area contributed by atoms with Crippen LogP contribution < -0.4 is 5.73 Å². The fraction of sp³-hybridized carbons (Fsp3) is 0.385. The SMILES string of the molecule is N[C@@H]1CCC[C@H]1c1nc(-c2ccccc2)no1. The highest BCUT2D eigenvalue weighted by molar-refractivity contribution is 5.53. The van der Waals surface area contributed by atoms with E-state index in [1.165, 1.54) is 0 Å². The molecule has 2 N–H and O–H groups in total. The van der Waals surface area contributed by atoms with Crippen LogP contribution in [0.15, 0.2) is 34.9 Å². The number of nitrogens with zero attached hydrogens (tertiary/aromatic N) is 2. The Balaban J connectivity index is 1.88. The topological polar surface area (TPSA) is 64.9 Å². The molecule has 1 aliphatic carbocycles. The zero-order valence-electron chi connectivity index (χ0n) is 9.54. The minimum absolute atomic E-state index is 0.166. The van der Waals surface area contributed by atoms with Crippen molar-refractivity contribution in [2.24, 2.45) is 5.73 Å². The van der Waals surface area contributed by atoms with Crippen molar-refractivity contribution in [1.29, 1.82) is 0 Å². The lowest BCUT2D eigenvalue weighted by Gasteiger charge is -2.08. The minimum Gasteiger partial charge on any atom is -0.339 e. The van der Waals surface area contributed by atoms with Crippen LogP contribution in [0.3, 0.4) is 0 Å². The van der Waals surface area contributed by atoms with E-state index < -0.39 is 0 Å². The van der Waals surface area contributed by atoms with Crippen molar-refractivity contribution in [3.8, 4) is 11.4 Å². The van der Waals surface area contributed by atoms with E-state index in [0.29, 0.717) is 11.7 Å². The first-order chi connectivity index (χ1) is 8.34. The zero-order valence-corrected chi connectivity index (χ0v) is 9.54. The van der Waals surface area contributed by atoms with Gasteiger partial charge in [0.15, 0.2) is 0 Å². The average molecular weight is 229 g/mol. The Morgan fingerprint density at radius 3 is 2.71 bits per heavy atom. The third kappa shape index (κ3) is 1.96. The molecule has 1 aromatic carbocycles. The second-order valence-electron chi connectivity index (χ2n) is 4.52. The van der Waals surface area contributed by atoms with Gasteiger partial charge in [-0.1, -0.05) is 41.9 Å². The van der Waals surface area contributed by atoms with Gasteiger partial charge in [-0.05, 0) is 12.8 Å². The summed E-state index contributed by atoms with van der Waals surface area (Å²) >= 11 is 0. The molecule has 1 aliphatic rings. The molecule has 17 heavy (non-hydrogen) atoms. The van der Waals surface area contributed by atoms with Gasteiger partial charge in [-0.15, -0.1) is 0 Å². The standard InChI is InChI=1S/C13H15N3O/c14-11-8-4-7-10(11)13-15-12(16-17-13)9-5-2-1-3-6-9/h1-3,5-6,10-11H,4,7-8,14H2/t10-,11-/m1/s1. The van der Waals surface area contributed by atoms with Gasteiger partial charge in [-0.25, -0.2) is 0 Å². The van der Waals surface area contributed by atoms with E-state index >= 15 is 0 Å². The highest BCUT2D eigenvalue weighted by Gasteiger charge is 2.30. The molecule has 2 aromatic rings. The first-order valence-corrected chi connectivity index (χ1v) is 5.99. The van der Waals surface area contributed by atoms with Gasteiger partial charge < -0.3 is 10.3 Å². The first-order valence-electron chi connectivity index (χ1n) is 5.99. The Kier molecular flexibility index (Phi) is 2.65. The number of aromatic nitrogens is 2. The summed E-state index contributed by atoms with van der Waals surface area (Å²) in [6.07, 6.45) is 3.25. The van der Waals surface area contributed by atoms with Gasteiger partial charge in [-0.2, -0.15) is 4.98 Å². The summed E-state index contributed by atoms with van der Waals surface area (Å²) in [7, 11) is 0. The van der Waals surface area contributed by atoms with Crippen LogP contribution in [0.2, 0.25) is 0 Å². The Bertz CT molecular complexity index is 494. The van der Waals surface area contributed by atoms with E-state index in [2.05, 4.69) is 10.1 Å². The number of nitrogens with two attached hydrogens (primary N) is 1. The van der Waals surface area contributed by atoms with Crippen LogP contribution >= 0.6 is 0 Å². The van der Waals surface area contributed by atoms with E-state index in [-0.39, 0.29) is 12.0 Å². The van der Waals surface area contributed by atoms with Gasteiger partial charge in [0.25, 0.3) is 0 Å². The molecule has 0 spiro atoms. The lowest BCUT2D eigenvalue weighted by atomic mass is 10.1. The maximum absolute atomic E-state index is 6.03. The molecule has 4 nitrogen and oxygen atoms in total. The molecule has 4 heteroatoms. The van der Waals surface area contributed by atoms with Crippen molar-refractivity contribution in [3.05, 3.63) is 36.2 Å². The first kappa shape index (κ1) is 10.5. The smallest absolute Gasteiger partial charge is 0.231 e. The largest absolute Gasteiger partial charge is 0.339 e. The fourth-order valence-electron chi connectivity index (χ4n) is 2.39. The predicted molar refractivity (Wildman–Crippen MR) is 64.3 cm³/mol. The summed E-state index contributed by atoms with van der Waals surface area (Å²) in [6, 6.07) is 10.0. The molecule has 2 atom stereocenters. The number of hydrogen-bond donors (Lipinski definition) is 1. The van der Waals surface area contributed by atoms with Gasteiger partial charge in [0, 0.05) is 11.6 Å². The number of hydrogen-bond acceptors (Lipinski definition) is 4. The van der Waals surface area contributed by atoms with Crippen LogP contribution in [0.5, 0.6) is 0 Å². The van der Waals surface area contributed by atoms with Gasteiger partial charge >= 0.3 is 0 Å². The number of benzene rings is 1. The number of rotatable bonds is 2. The van der Waals surface area contributed by atoms with Crippen LogP contribution in [0.4, 0.5) is 0 Å². The highest BCUT2D eigenvalue weighted by atomic mass is 16.5. The van der Waals surface area contributed by atoms with Crippen LogP contribution in [0.1, 0.15) is 31.1 Å². The molecule has 1 fully saturated rings. The monoisotopic (exact) mass is 229 g/mol. The summed E-state index contributed by atoms with van der Waals surface area (Å²) in [5.74, 6) is 1.58. The molecule has 3 rings (SSSR count). The average Bonchev–Trinajstić information content (AvgIpc) is 2.98. The summed E-state index contributed by atoms with van der Waals surface area (Å²) in [6.45, 7) is 0. The quantitative estimate of drug-likeness (QED) is 0.858. The molecule has 1 heterocycles. The van der Waals surface area contributed by atoms with Crippen LogP contribution in [0.25, 0.3) is 11.4 Å². The molecule has 0 bridgehead atoms. The Hall–Kier alpha value is -1.68. The lowest BCUT2D eigenvalue weighted by molar-refractivity contribution is 0.345. The van der Waals surface area contributed by atoms with Crippen molar-refractivity contribution < 1.29 is 4.52 Å². The van der Waals surface area contributed by atoms with Crippen LogP contribution in [-0.4, -0.2) is 16.2 Å². The lowest BCUT2D eigenvalue weighted by Crippen LogP contribution is -2.22. The summed E-state index contributed by atoms with van der Waals surface area (Å²) in [4.78, 5) is 4.46. The van der Waals surface area contributed by atoms with E-state index in [0.717, 1.165) is 24.8 Å². The molecular weight excluding hydrogens is 214 g/mol. The molecule has 1 saturated carbocycles. The molecule has 1 aromatic heterocycles. The van der Waals surface area contributed by atoms with E-state index in [4.69, 9.17) is 10.3 Å². The Labute approximate surface area is 99.8 Å². The zero-order chi connectivity index (χ0) is 11.7. The van der Waals surface area contributed by atoms with Crippen LogP contribution in [0, 0.1) is 0 Å². The summed E-state index contributed by atoms with van der Waals surface area (Å²) in [5, 5.41) is 4.02. The molecule has 0 saturated heterocycles. The van der Waals surface area contributed by atoms with Gasteiger partial charge in [0.2, 0.25) is 11.7 Å². The van der Waals surface area contributed by atoms with Gasteiger partial charge in [0.1, 0.15) is 0 Å². The van der Waals surface area contributed by atoms with Crippen LogP contribution in [-0.2, 0) is 0 Å². The molecule has 88 valence electrons. The molecule has 0 amide bonds. The Morgan fingerprint density at radius 2 is 2.00 bits per heavy atom. The highest BCUT2D eigenvalue weighted by Crippen LogP contribution is 2.33. The van der Waals surface area contributed by atoms with Crippen molar-refractivity contribution in [3.63, 3.8) is 0 Å². The minimum atomic E-state index is 0.166.